The van der Waals surface area contributed by atoms with Gasteiger partial charge in [0.1, 0.15) is 23.2 Å². The zero-order valence-corrected chi connectivity index (χ0v) is 14.3. The fraction of sp³-hybridized carbons (Fsp3) is 0.438. The van der Waals surface area contributed by atoms with Gasteiger partial charge >= 0.3 is 5.97 Å². The minimum Gasteiger partial charge on any atom is -0.477 e. The molecule has 5 N–H and O–H groups in total. The molecule has 0 radical (unpaired) electrons. The molecule has 25 heavy (non-hydrogen) atoms. The lowest BCUT2D eigenvalue weighted by Crippen LogP contribution is -2.71. The number of rotatable bonds is 4. The predicted octanol–water partition coefficient (Wildman–Crippen LogP) is -0.681. The van der Waals surface area contributed by atoms with Crippen LogP contribution in [0.5, 0.6) is 0 Å². The monoisotopic (exact) mass is 365 g/mol. The van der Waals surface area contributed by atoms with Crippen molar-refractivity contribution in [3.63, 3.8) is 0 Å². The highest BCUT2D eigenvalue weighted by Crippen LogP contribution is 2.40. The molecule has 1 aliphatic carbocycles. The molecular formula is C16H19N3O5S. The van der Waals surface area contributed by atoms with Gasteiger partial charge in [0.25, 0.3) is 5.91 Å². The first kappa shape index (κ1) is 17.7. The van der Waals surface area contributed by atoms with Gasteiger partial charge in [-0.15, -0.1) is 11.8 Å². The molecule has 1 fully saturated rings. The van der Waals surface area contributed by atoms with Crippen LogP contribution in [0.25, 0.3) is 0 Å². The topological polar surface area (TPSA) is 133 Å². The number of β-lactam (4-membered cyclic amide) rings is 1. The molecule has 1 unspecified atom stereocenters. The van der Waals surface area contributed by atoms with Crippen LogP contribution in [0, 0.1) is 0 Å². The van der Waals surface area contributed by atoms with Crippen molar-refractivity contribution < 1.29 is 24.6 Å². The second-order valence-corrected chi connectivity index (χ2v) is 7.31. The Balaban J connectivity index is 1.68. The lowest BCUT2D eigenvalue weighted by molar-refractivity contribution is -0.150. The molecule has 2 amide bonds. The second kappa shape index (κ2) is 6.66. The van der Waals surface area contributed by atoms with E-state index in [-0.39, 0.29) is 12.1 Å². The summed E-state index contributed by atoms with van der Waals surface area (Å²) in [5, 5.41) is 21.1. The van der Waals surface area contributed by atoms with Gasteiger partial charge in [0.15, 0.2) is 0 Å². The number of hydrogen-bond acceptors (Lipinski definition) is 6. The summed E-state index contributed by atoms with van der Waals surface area (Å²) in [4.78, 5) is 37.3. The van der Waals surface area contributed by atoms with E-state index in [1.165, 1.54) is 16.7 Å². The number of aliphatic carboxylic acids is 1. The number of amides is 2. The first-order valence-electron chi connectivity index (χ1n) is 7.80. The molecule has 0 bridgehead atoms. The Hall–Kier alpha value is -2.10. The first-order valence-corrected chi connectivity index (χ1v) is 8.85. The third-order valence-electron chi connectivity index (χ3n) is 4.43. The summed E-state index contributed by atoms with van der Waals surface area (Å²) >= 11 is 1.41. The number of carbonyl (C=O) groups is 3. The van der Waals surface area contributed by atoms with Crippen LogP contribution in [-0.4, -0.2) is 62.2 Å². The summed E-state index contributed by atoms with van der Waals surface area (Å²) in [6.07, 6.45) is 4.49. The molecule has 8 nitrogen and oxygen atoms in total. The Bertz CT molecular complexity index is 729. The fourth-order valence-electron chi connectivity index (χ4n) is 3.10. The molecular weight excluding hydrogens is 346 g/mol. The van der Waals surface area contributed by atoms with Crippen molar-refractivity contribution in [1.82, 2.24) is 10.2 Å². The molecule has 3 aliphatic rings. The Morgan fingerprint density at radius 1 is 1.48 bits per heavy atom. The van der Waals surface area contributed by atoms with Gasteiger partial charge in [-0.1, -0.05) is 18.2 Å². The van der Waals surface area contributed by atoms with Gasteiger partial charge in [-0.2, -0.15) is 0 Å². The van der Waals surface area contributed by atoms with Crippen molar-refractivity contribution in [3.8, 4) is 0 Å². The highest BCUT2D eigenvalue weighted by atomic mass is 32.2. The number of fused-ring (bicyclic) bond motifs is 1. The van der Waals surface area contributed by atoms with Crippen molar-refractivity contribution in [3.05, 3.63) is 35.1 Å². The molecule has 134 valence electrons. The zero-order valence-electron chi connectivity index (χ0n) is 13.5. The highest BCUT2D eigenvalue weighted by molar-refractivity contribution is 8.00. The van der Waals surface area contributed by atoms with Crippen molar-refractivity contribution in [2.24, 2.45) is 5.73 Å². The molecule has 2 aliphatic heterocycles. The standard InChI is InChI=1S/C16H19N3O5S/c1-7-6-25-15-11(14(22)19(15)12(7)16(23)24)18-13(21)10(17)8-3-2-4-9(20)5-8/h2-4,9-11,15,20H,5-6,17H2,1H3,(H,18,21)(H,23,24)/t9?,10-,11-,15-/m1/s1. The lowest BCUT2D eigenvalue weighted by Gasteiger charge is -2.49. The number of nitrogens with zero attached hydrogens (tertiary/aromatic N) is 1. The van der Waals surface area contributed by atoms with Crippen LogP contribution < -0.4 is 11.1 Å². The van der Waals surface area contributed by atoms with Crippen LogP contribution in [0.2, 0.25) is 0 Å². The van der Waals surface area contributed by atoms with E-state index in [2.05, 4.69) is 5.32 Å². The summed E-state index contributed by atoms with van der Waals surface area (Å²) in [6, 6.07) is -1.76. The van der Waals surface area contributed by atoms with Gasteiger partial charge in [-0.3, -0.25) is 14.5 Å². The minimum atomic E-state index is -1.15. The van der Waals surface area contributed by atoms with Gasteiger partial charge in [-0.05, 0) is 18.1 Å². The number of carbonyl (C=O) groups excluding carboxylic acids is 2. The lowest BCUT2D eigenvalue weighted by atomic mass is 9.95. The van der Waals surface area contributed by atoms with Gasteiger partial charge < -0.3 is 21.3 Å². The maximum absolute atomic E-state index is 12.4. The number of nitrogens with one attached hydrogen (secondary N) is 1. The Labute approximate surface area is 148 Å². The molecule has 1 saturated heterocycles. The number of carboxylic acids is 1. The van der Waals surface area contributed by atoms with E-state index in [0.29, 0.717) is 16.9 Å². The number of carboxylic acid groups (broad SMARTS) is 1. The summed E-state index contributed by atoms with van der Waals surface area (Å²) in [6.45, 7) is 1.68. The van der Waals surface area contributed by atoms with Crippen molar-refractivity contribution in [1.29, 1.82) is 0 Å². The van der Waals surface area contributed by atoms with E-state index in [1.54, 1.807) is 25.2 Å². The molecule has 0 spiro atoms. The van der Waals surface area contributed by atoms with Crippen LogP contribution in [0.1, 0.15) is 13.3 Å². The van der Waals surface area contributed by atoms with E-state index in [1.807, 2.05) is 0 Å². The van der Waals surface area contributed by atoms with Crippen LogP contribution in [0.15, 0.2) is 35.1 Å². The van der Waals surface area contributed by atoms with Crippen LogP contribution in [0.4, 0.5) is 0 Å². The summed E-state index contributed by atoms with van der Waals surface area (Å²) in [7, 11) is 0. The van der Waals surface area contributed by atoms with Gasteiger partial charge in [-0.25, -0.2) is 4.79 Å². The molecule has 4 atom stereocenters. The van der Waals surface area contributed by atoms with Gasteiger partial charge in [0.2, 0.25) is 5.91 Å². The average molecular weight is 365 g/mol. The van der Waals surface area contributed by atoms with E-state index >= 15 is 0 Å². The Kier molecular flexibility index (Phi) is 4.72. The third kappa shape index (κ3) is 3.10. The summed E-state index contributed by atoms with van der Waals surface area (Å²) in [5.41, 5.74) is 7.12. The smallest absolute Gasteiger partial charge is 0.352 e. The molecule has 3 rings (SSSR count). The number of aliphatic hydroxyl groups excluding tert-OH is 1. The largest absolute Gasteiger partial charge is 0.477 e. The Morgan fingerprint density at radius 3 is 2.84 bits per heavy atom. The third-order valence-corrected chi connectivity index (χ3v) is 5.85. The van der Waals surface area contributed by atoms with Gasteiger partial charge in [0.05, 0.1) is 6.10 Å². The quantitative estimate of drug-likeness (QED) is 0.485. The highest BCUT2D eigenvalue weighted by Gasteiger charge is 2.54. The number of allylic oxidation sites excluding steroid dienone is 2. The number of thioether (sulfide) groups is 1. The van der Waals surface area contributed by atoms with Crippen molar-refractivity contribution in [2.45, 2.75) is 36.9 Å². The molecule has 9 heteroatoms. The summed E-state index contributed by atoms with van der Waals surface area (Å²) < 4.78 is 0. The van der Waals surface area contributed by atoms with E-state index in [0.717, 1.165) is 0 Å². The molecule has 0 aromatic carbocycles. The minimum absolute atomic E-state index is 0.00760. The number of hydrogen-bond donors (Lipinski definition) is 4. The van der Waals surface area contributed by atoms with E-state index in [4.69, 9.17) is 5.73 Å². The number of nitrogens with two attached hydrogens (primary N) is 1. The maximum atomic E-state index is 12.4. The molecule has 0 aromatic rings. The number of aliphatic hydroxyl groups is 1. The SMILES string of the molecule is CC1=C(C(=O)O)N2C(=O)[C@@H](NC(=O)[C@H](N)C3=CC=CC(O)C3)[C@H]2SC1. The van der Waals surface area contributed by atoms with Crippen LogP contribution in [0.3, 0.4) is 0 Å². The van der Waals surface area contributed by atoms with Crippen LogP contribution in [-0.2, 0) is 14.4 Å². The average Bonchev–Trinajstić information content (AvgIpc) is 2.58. The fourth-order valence-corrected chi connectivity index (χ4v) is 4.40. The van der Waals surface area contributed by atoms with Crippen molar-refractivity contribution >= 4 is 29.5 Å². The van der Waals surface area contributed by atoms with Crippen LogP contribution >= 0.6 is 11.8 Å². The second-order valence-electron chi connectivity index (χ2n) is 6.21. The van der Waals surface area contributed by atoms with E-state index < -0.39 is 41.3 Å². The van der Waals surface area contributed by atoms with Crippen molar-refractivity contribution in [2.75, 3.05) is 5.75 Å². The molecule has 0 aromatic heterocycles. The molecule has 2 heterocycles. The van der Waals surface area contributed by atoms with E-state index in [9.17, 15) is 24.6 Å². The molecule has 0 saturated carbocycles. The predicted molar refractivity (Wildman–Crippen MR) is 91.2 cm³/mol. The maximum Gasteiger partial charge on any atom is 0.352 e. The first-order chi connectivity index (χ1) is 11.8. The normalized spacial score (nSPS) is 29.6. The summed E-state index contributed by atoms with van der Waals surface area (Å²) in [5.74, 6) is -1.63. The zero-order chi connectivity index (χ0) is 18.3. The Morgan fingerprint density at radius 2 is 2.20 bits per heavy atom. The van der Waals surface area contributed by atoms with Gasteiger partial charge in [0, 0.05) is 12.2 Å².